The van der Waals surface area contributed by atoms with E-state index in [2.05, 4.69) is 251 Å². The lowest BCUT2D eigenvalue weighted by Gasteiger charge is -2.71. The van der Waals surface area contributed by atoms with E-state index in [1.165, 1.54) is 31.9 Å². The number of hydrogen-bond acceptors (Lipinski definition) is 4. The Bertz CT molecular complexity index is 2790. The number of rotatable bonds is 8. The van der Waals surface area contributed by atoms with Gasteiger partial charge in [-0.1, -0.05) is 206 Å². The monoisotopic (exact) mass is 800 g/mol. The van der Waals surface area contributed by atoms with E-state index in [-0.39, 0.29) is 0 Å². The molecule has 60 heavy (non-hydrogen) atoms. The average molecular weight is 801 g/mol. The second-order valence-corrected chi connectivity index (χ2v) is 23.0. The van der Waals surface area contributed by atoms with Crippen LogP contribution in [0.1, 0.15) is 0 Å². The van der Waals surface area contributed by atoms with Gasteiger partial charge >= 0.3 is 16.8 Å². The van der Waals surface area contributed by atoms with Gasteiger partial charge in [-0.25, -0.2) is 9.97 Å². The van der Waals surface area contributed by atoms with Gasteiger partial charge < -0.3 is 8.46 Å². The van der Waals surface area contributed by atoms with Crippen molar-refractivity contribution in [2.24, 2.45) is 0 Å². The molecule has 0 spiro atoms. The Kier molecular flexibility index (Phi) is 8.80. The normalized spacial score (nSPS) is 14.2. The molecular weight excluding hydrogens is 761 g/mol. The number of hydrogen-bond donors (Lipinski definition) is 0. The van der Waals surface area contributed by atoms with Gasteiger partial charge in [0, 0.05) is 10.8 Å². The molecule has 0 saturated carbocycles. The summed E-state index contributed by atoms with van der Waals surface area (Å²) in [7, 11) is -6.53. The van der Waals surface area contributed by atoms with E-state index < -0.39 is 16.8 Å². The fourth-order valence-corrected chi connectivity index (χ4v) is 24.4. The molecule has 0 aliphatic carbocycles. The predicted octanol–water partition coefficient (Wildman–Crippen LogP) is 9.96. The molecule has 0 N–H and O–H groups in total. The van der Waals surface area contributed by atoms with Gasteiger partial charge in [0.2, 0.25) is 0 Å². The molecule has 0 bridgehead atoms. The second-order valence-electron chi connectivity index (χ2n) is 15.4. The summed E-state index contributed by atoms with van der Waals surface area (Å²) < 4.78 is 5.66. The molecule has 0 radical (unpaired) electrons. The third kappa shape index (κ3) is 5.64. The lowest BCUT2D eigenvalue weighted by atomic mass is 10.0. The smallest absolute Gasteiger partial charge is 0.320 e. The number of aromatic nitrogens is 2. The molecule has 1 aliphatic heterocycles. The van der Waals surface area contributed by atoms with Crippen LogP contribution in [0.4, 0.5) is 11.6 Å². The highest BCUT2D eigenvalue weighted by molar-refractivity contribution is 7.38. The van der Waals surface area contributed by atoms with Gasteiger partial charge in [-0.05, 0) is 79.4 Å². The molecular formula is C54H40N4Si2. The maximum Gasteiger partial charge on any atom is 0.320 e. The zero-order valence-electron chi connectivity index (χ0n) is 32.9. The Morgan fingerprint density at radius 2 is 0.550 bits per heavy atom. The standard InChI is InChI=1S/C54H40N4Si2/c1-7-19-41(20-8-1)45-33-31-43-35-37-53(55-51(43)39-45)57-59(47-23-11-3-12-24-47,48-25-13-4-14-26-48)58(60(57,49-27-15-5-16-28-49)50-29-17-6-18-30-50)54-38-36-44-32-34-46(40-52(44)56-54)42-21-9-2-10-22-42/h1-40H. The largest absolute Gasteiger partial charge is 0.363 e. The van der Waals surface area contributed by atoms with Crippen LogP contribution in [0.2, 0.25) is 0 Å². The number of fused-ring (bicyclic) bond motifs is 2. The van der Waals surface area contributed by atoms with Crippen molar-refractivity contribution in [2.45, 2.75) is 0 Å². The van der Waals surface area contributed by atoms with Crippen LogP contribution < -0.4 is 29.2 Å². The zero-order valence-corrected chi connectivity index (χ0v) is 34.9. The minimum absolute atomic E-state index is 0.967. The molecule has 1 saturated heterocycles. The van der Waals surface area contributed by atoms with Crippen LogP contribution in [0, 0.1) is 0 Å². The molecule has 0 atom stereocenters. The van der Waals surface area contributed by atoms with Crippen molar-refractivity contribution >= 4 is 71.0 Å². The molecule has 11 rings (SSSR count). The minimum atomic E-state index is -3.26. The van der Waals surface area contributed by atoms with Gasteiger partial charge in [0.15, 0.2) is 0 Å². The maximum absolute atomic E-state index is 5.75. The van der Waals surface area contributed by atoms with Crippen molar-refractivity contribution < 1.29 is 0 Å². The predicted molar refractivity (Wildman–Crippen MR) is 255 cm³/mol. The Morgan fingerprint density at radius 3 is 0.867 bits per heavy atom. The van der Waals surface area contributed by atoms with Gasteiger partial charge in [0.05, 0.1) is 11.0 Å². The number of benzene rings is 8. The van der Waals surface area contributed by atoms with Crippen molar-refractivity contribution in [1.29, 1.82) is 0 Å². The van der Waals surface area contributed by atoms with E-state index in [1.807, 2.05) is 0 Å². The van der Waals surface area contributed by atoms with Gasteiger partial charge in [-0.3, -0.25) is 0 Å². The summed E-state index contributed by atoms with van der Waals surface area (Å²) in [5.41, 5.74) is 6.59. The first-order valence-electron chi connectivity index (χ1n) is 20.5. The van der Waals surface area contributed by atoms with E-state index in [4.69, 9.17) is 9.97 Å². The first-order chi connectivity index (χ1) is 29.7. The highest BCUT2D eigenvalue weighted by Crippen LogP contribution is 2.45. The van der Waals surface area contributed by atoms with Crippen molar-refractivity contribution in [3.05, 3.63) is 243 Å². The van der Waals surface area contributed by atoms with Gasteiger partial charge in [0.1, 0.15) is 11.6 Å². The Balaban J connectivity index is 1.26. The summed E-state index contributed by atoms with van der Waals surface area (Å²) >= 11 is 0. The van der Waals surface area contributed by atoms with E-state index in [0.717, 1.165) is 44.6 Å². The van der Waals surface area contributed by atoms with Crippen molar-refractivity contribution in [2.75, 3.05) is 8.46 Å². The maximum atomic E-state index is 5.75. The third-order valence-corrected chi connectivity index (χ3v) is 24.0. The molecule has 2 aromatic heterocycles. The molecule has 10 aromatic rings. The van der Waals surface area contributed by atoms with Crippen LogP contribution in [-0.2, 0) is 0 Å². The lowest BCUT2D eigenvalue weighted by Crippen LogP contribution is -3.07. The Morgan fingerprint density at radius 1 is 0.267 bits per heavy atom. The van der Waals surface area contributed by atoms with E-state index in [1.54, 1.807) is 0 Å². The van der Waals surface area contributed by atoms with Crippen LogP contribution in [0.15, 0.2) is 243 Å². The third-order valence-electron chi connectivity index (χ3n) is 12.0. The van der Waals surface area contributed by atoms with Crippen LogP contribution >= 0.6 is 0 Å². The summed E-state index contributed by atoms with van der Waals surface area (Å²) in [6, 6.07) is 88.3. The Hall–Kier alpha value is -7.39. The number of anilines is 2. The molecule has 1 aliphatic rings. The quantitative estimate of drug-likeness (QED) is 0.143. The SMILES string of the molecule is c1ccc(-c2ccc3ccc(N4[Si](c5ccccc5)(c5ccccc5)N(c5ccc6ccc(-c7ccccc7)cc6n5)[Si]4(c4ccccc4)c4ccccc4)nc3c2)cc1. The summed E-state index contributed by atoms with van der Waals surface area (Å²) in [6.07, 6.45) is 0. The van der Waals surface area contributed by atoms with Crippen molar-refractivity contribution in [3.8, 4) is 22.3 Å². The summed E-state index contributed by atoms with van der Waals surface area (Å²) in [5, 5.41) is 7.30. The highest BCUT2D eigenvalue weighted by atomic mass is 28.5. The molecule has 0 amide bonds. The van der Waals surface area contributed by atoms with E-state index in [0.29, 0.717) is 0 Å². The molecule has 3 heterocycles. The van der Waals surface area contributed by atoms with E-state index in [9.17, 15) is 0 Å². The van der Waals surface area contributed by atoms with Gasteiger partial charge in [-0.15, -0.1) is 0 Å². The fourth-order valence-electron chi connectivity index (χ4n) is 9.42. The van der Waals surface area contributed by atoms with Crippen LogP contribution in [0.25, 0.3) is 44.1 Å². The summed E-state index contributed by atoms with van der Waals surface area (Å²) in [6.45, 7) is 0. The Labute approximate surface area is 352 Å². The molecule has 6 heteroatoms. The lowest BCUT2D eigenvalue weighted by molar-refractivity contribution is 1.15. The highest BCUT2D eigenvalue weighted by Gasteiger charge is 2.75. The first-order valence-corrected chi connectivity index (χ1v) is 24.3. The summed E-state index contributed by atoms with van der Waals surface area (Å²) in [4.78, 5) is 11.5. The molecule has 0 unspecified atom stereocenters. The first kappa shape index (κ1) is 35.8. The molecule has 1 fully saturated rings. The number of nitrogens with zero attached hydrogens (tertiary/aromatic N) is 4. The molecule has 284 valence electrons. The summed E-state index contributed by atoms with van der Waals surface area (Å²) in [5.74, 6) is 1.93. The van der Waals surface area contributed by atoms with Gasteiger partial charge in [-0.2, -0.15) is 0 Å². The molecule has 8 aromatic carbocycles. The van der Waals surface area contributed by atoms with Crippen LogP contribution in [0.5, 0.6) is 0 Å². The van der Waals surface area contributed by atoms with Crippen molar-refractivity contribution in [1.82, 2.24) is 9.97 Å². The number of pyridine rings is 2. The van der Waals surface area contributed by atoms with Crippen molar-refractivity contribution in [3.63, 3.8) is 0 Å². The van der Waals surface area contributed by atoms with Crippen LogP contribution in [0.3, 0.4) is 0 Å². The topological polar surface area (TPSA) is 32.3 Å². The average Bonchev–Trinajstić information content (AvgIpc) is 3.33. The molecule has 4 nitrogen and oxygen atoms in total. The zero-order chi connectivity index (χ0) is 39.9. The van der Waals surface area contributed by atoms with Crippen LogP contribution in [-0.4, -0.2) is 26.8 Å². The second kappa shape index (κ2) is 14.8. The minimum Gasteiger partial charge on any atom is -0.363 e. The van der Waals surface area contributed by atoms with E-state index >= 15 is 0 Å². The fraction of sp³-hybridized carbons (Fsp3) is 0. The van der Waals surface area contributed by atoms with Gasteiger partial charge in [0.25, 0.3) is 0 Å².